The molecule has 0 N–H and O–H groups in total. The van der Waals surface area contributed by atoms with Gasteiger partial charge >= 0.3 is 0 Å². The Balaban J connectivity index is 2.10. The summed E-state index contributed by atoms with van der Waals surface area (Å²) in [7, 11) is 1.86. The summed E-state index contributed by atoms with van der Waals surface area (Å²) in [5.41, 5.74) is 0. The predicted octanol–water partition coefficient (Wildman–Crippen LogP) is 2.07. The highest BCUT2D eigenvalue weighted by Gasteiger charge is 2.45. The van der Waals surface area contributed by atoms with Crippen LogP contribution in [0.1, 0.15) is 26.2 Å². The zero-order chi connectivity index (χ0) is 7.14. The average molecular weight is 140 g/mol. The maximum atomic E-state index is 5.46. The van der Waals surface area contributed by atoms with Crippen molar-refractivity contribution < 1.29 is 4.74 Å². The summed E-state index contributed by atoms with van der Waals surface area (Å²) in [5.74, 6) is 2.74. The van der Waals surface area contributed by atoms with Crippen molar-refractivity contribution in [1.82, 2.24) is 0 Å². The summed E-state index contributed by atoms with van der Waals surface area (Å²) in [6.07, 6.45) is 4.93. The lowest BCUT2D eigenvalue weighted by Crippen LogP contribution is -2.26. The van der Waals surface area contributed by atoms with Crippen LogP contribution < -0.4 is 0 Å². The molecule has 58 valence electrons. The molecule has 0 aromatic carbocycles. The summed E-state index contributed by atoms with van der Waals surface area (Å²) in [4.78, 5) is 0. The van der Waals surface area contributed by atoms with E-state index >= 15 is 0 Å². The van der Waals surface area contributed by atoms with Crippen molar-refractivity contribution in [2.45, 2.75) is 32.3 Å². The largest absolute Gasteiger partial charge is 0.381 e. The molecule has 10 heavy (non-hydrogen) atoms. The van der Waals surface area contributed by atoms with Crippen LogP contribution in [0.5, 0.6) is 0 Å². The third-order valence-electron chi connectivity index (χ3n) is 3.51. The van der Waals surface area contributed by atoms with E-state index in [0.717, 1.165) is 17.8 Å². The minimum atomic E-state index is 0.596. The van der Waals surface area contributed by atoms with E-state index in [0.29, 0.717) is 6.10 Å². The summed E-state index contributed by atoms with van der Waals surface area (Å²) < 4.78 is 5.46. The first-order chi connectivity index (χ1) is 4.83. The predicted molar refractivity (Wildman–Crippen MR) is 40.8 cm³/mol. The van der Waals surface area contributed by atoms with Crippen LogP contribution in [-0.4, -0.2) is 13.2 Å². The van der Waals surface area contributed by atoms with Crippen molar-refractivity contribution >= 4 is 0 Å². The van der Waals surface area contributed by atoms with Crippen molar-refractivity contribution in [3.63, 3.8) is 0 Å². The Morgan fingerprint density at radius 1 is 1.20 bits per heavy atom. The molecular weight excluding hydrogens is 124 g/mol. The Morgan fingerprint density at radius 3 is 2.30 bits per heavy atom. The van der Waals surface area contributed by atoms with E-state index in [4.69, 9.17) is 4.74 Å². The molecule has 0 aromatic rings. The van der Waals surface area contributed by atoms with Gasteiger partial charge in [-0.05, 0) is 37.0 Å². The van der Waals surface area contributed by atoms with Gasteiger partial charge in [0, 0.05) is 7.11 Å². The van der Waals surface area contributed by atoms with E-state index < -0.39 is 0 Å². The molecule has 4 atom stereocenters. The Bertz CT molecular complexity index is 131. The number of methoxy groups -OCH3 is 1. The van der Waals surface area contributed by atoms with E-state index in [-0.39, 0.29) is 0 Å². The second-order valence-corrected chi connectivity index (χ2v) is 3.89. The molecule has 0 radical (unpaired) electrons. The molecule has 0 saturated heterocycles. The number of ether oxygens (including phenoxy) is 1. The van der Waals surface area contributed by atoms with Gasteiger partial charge in [0.25, 0.3) is 0 Å². The third kappa shape index (κ3) is 0.731. The van der Waals surface area contributed by atoms with Crippen molar-refractivity contribution in [1.29, 1.82) is 0 Å². The van der Waals surface area contributed by atoms with E-state index in [1.165, 1.54) is 19.3 Å². The van der Waals surface area contributed by atoms with Crippen molar-refractivity contribution in [3.05, 3.63) is 0 Å². The quantitative estimate of drug-likeness (QED) is 0.541. The van der Waals surface area contributed by atoms with E-state index in [2.05, 4.69) is 6.92 Å². The standard InChI is InChI=1S/C9H16O/c1-6-7-3-4-8(5-7)9(6)10-2/h6-9H,3-5H2,1-2H3. The smallest absolute Gasteiger partial charge is 0.0627 e. The second-order valence-electron chi connectivity index (χ2n) is 3.89. The summed E-state index contributed by atoms with van der Waals surface area (Å²) in [6.45, 7) is 2.35. The molecular formula is C9H16O. The highest BCUT2D eigenvalue weighted by atomic mass is 16.5. The molecule has 2 bridgehead atoms. The van der Waals surface area contributed by atoms with Gasteiger partial charge < -0.3 is 4.74 Å². The molecule has 2 saturated carbocycles. The molecule has 2 rings (SSSR count). The number of rotatable bonds is 1. The minimum Gasteiger partial charge on any atom is -0.381 e. The molecule has 0 aromatic heterocycles. The Morgan fingerprint density at radius 2 is 1.90 bits per heavy atom. The molecule has 0 aliphatic heterocycles. The average Bonchev–Trinajstić information content (AvgIpc) is 2.46. The lowest BCUT2D eigenvalue weighted by atomic mass is 9.88. The second kappa shape index (κ2) is 2.23. The molecule has 1 nitrogen and oxygen atoms in total. The van der Waals surface area contributed by atoms with Crippen molar-refractivity contribution in [2.75, 3.05) is 7.11 Å². The fourth-order valence-corrected chi connectivity index (χ4v) is 2.93. The minimum absolute atomic E-state index is 0.596. The highest BCUT2D eigenvalue weighted by Crippen LogP contribution is 2.49. The fraction of sp³-hybridized carbons (Fsp3) is 1.00. The number of hydrogen-bond donors (Lipinski definition) is 0. The molecule has 1 heteroatoms. The maximum Gasteiger partial charge on any atom is 0.0627 e. The van der Waals surface area contributed by atoms with Gasteiger partial charge in [-0.25, -0.2) is 0 Å². The van der Waals surface area contributed by atoms with Crippen LogP contribution in [0.15, 0.2) is 0 Å². The third-order valence-corrected chi connectivity index (χ3v) is 3.51. The summed E-state index contributed by atoms with van der Waals surface area (Å²) >= 11 is 0. The van der Waals surface area contributed by atoms with Crippen molar-refractivity contribution in [2.24, 2.45) is 17.8 Å². The van der Waals surface area contributed by atoms with Crippen LogP contribution >= 0.6 is 0 Å². The van der Waals surface area contributed by atoms with Crippen LogP contribution in [-0.2, 0) is 4.74 Å². The Hall–Kier alpha value is -0.0400. The highest BCUT2D eigenvalue weighted by molar-refractivity contribution is 4.95. The zero-order valence-electron chi connectivity index (χ0n) is 6.84. The zero-order valence-corrected chi connectivity index (χ0v) is 6.84. The Labute approximate surface area is 62.8 Å². The topological polar surface area (TPSA) is 9.23 Å². The van der Waals surface area contributed by atoms with Gasteiger partial charge in [0.2, 0.25) is 0 Å². The first kappa shape index (κ1) is 6.66. The lowest BCUT2D eigenvalue weighted by molar-refractivity contribution is 0.0209. The molecule has 2 aliphatic rings. The monoisotopic (exact) mass is 140 g/mol. The van der Waals surface area contributed by atoms with E-state index in [1.54, 1.807) is 0 Å². The van der Waals surface area contributed by atoms with Gasteiger partial charge in [-0.3, -0.25) is 0 Å². The van der Waals surface area contributed by atoms with Gasteiger partial charge in [-0.2, -0.15) is 0 Å². The molecule has 0 amide bonds. The molecule has 4 unspecified atom stereocenters. The summed E-state index contributed by atoms with van der Waals surface area (Å²) in [5, 5.41) is 0. The van der Waals surface area contributed by atoms with Crippen molar-refractivity contribution in [3.8, 4) is 0 Å². The number of hydrogen-bond acceptors (Lipinski definition) is 1. The number of fused-ring (bicyclic) bond motifs is 2. The van der Waals surface area contributed by atoms with Crippen LogP contribution in [0, 0.1) is 17.8 Å². The van der Waals surface area contributed by atoms with Crippen LogP contribution in [0.25, 0.3) is 0 Å². The fourth-order valence-electron chi connectivity index (χ4n) is 2.93. The first-order valence-corrected chi connectivity index (χ1v) is 4.35. The molecule has 0 spiro atoms. The van der Waals surface area contributed by atoms with E-state index in [9.17, 15) is 0 Å². The van der Waals surface area contributed by atoms with Gasteiger partial charge in [0.1, 0.15) is 0 Å². The molecule has 2 aliphatic carbocycles. The normalized spacial score (nSPS) is 52.2. The SMILES string of the molecule is COC1C2CCC(C2)C1C. The van der Waals surface area contributed by atoms with Gasteiger partial charge in [-0.15, -0.1) is 0 Å². The molecule has 2 fully saturated rings. The lowest BCUT2D eigenvalue weighted by Gasteiger charge is -2.26. The first-order valence-electron chi connectivity index (χ1n) is 4.35. The summed E-state index contributed by atoms with van der Waals surface area (Å²) in [6, 6.07) is 0. The van der Waals surface area contributed by atoms with Crippen LogP contribution in [0.4, 0.5) is 0 Å². The van der Waals surface area contributed by atoms with Gasteiger partial charge in [0.05, 0.1) is 6.10 Å². The van der Waals surface area contributed by atoms with Crippen LogP contribution in [0.3, 0.4) is 0 Å². The van der Waals surface area contributed by atoms with Gasteiger partial charge in [-0.1, -0.05) is 6.92 Å². The van der Waals surface area contributed by atoms with Crippen LogP contribution in [0.2, 0.25) is 0 Å². The Kier molecular flexibility index (Phi) is 1.48. The van der Waals surface area contributed by atoms with Gasteiger partial charge in [0.15, 0.2) is 0 Å². The maximum absolute atomic E-state index is 5.46. The molecule has 0 heterocycles. The van der Waals surface area contributed by atoms with E-state index in [1.807, 2.05) is 7.11 Å².